The molecule has 0 fully saturated rings. The summed E-state index contributed by atoms with van der Waals surface area (Å²) < 4.78 is 16.8. The lowest BCUT2D eigenvalue weighted by Gasteiger charge is -2.18. The Kier molecular flexibility index (Phi) is 42.3. The molecule has 0 rings (SSSR count). The van der Waals surface area contributed by atoms with Crippen LogP contribution >= 0.6 is 0 Å². The summed E-state index contributed by atoms with van der Waals surface area (Å²) in [5, 5.41) is 0. The number of carbonyl (C=O) groups is 3. The third-order valence-corrected chi connectivity index (χ3v) is 12.7. The fourth-order valence-corrected chi connectivity index (χ4v) is 7.66. The molecule has 0 amide bonds. The van der Waals surface area contributed by atoms with Crippen LogP contribution in [0.1, 0.15) is 279 Å². The van der Waals surface area contributed by atoms with Crippen LogP contribution < -0.4 is 0 Å². The Morgan fingerprint density at radius 1 is 0.328 bits per heavy atom. The van der Waals surface area contributed by atoms with E-state index < -0.39 is 6.10 Å². The van der Waals surface area contributed by atoms with Gasteiger partial charge in [0.2, 0.25) is 0 Å². The molecule has 0 saturated heterocycles. The van der Waals surface area contributed by atoms with Gasteiger partial charge < -0.3 is 14.2 Å². The zero-order valence-electron chi connectivity index (χ0n) is 39.8. The van der Waals surface area contributed by atoms with Crippen LogP contribution in [0.2, 0.25) is 0 Å². The quantitative estimate of drug-likeness (QED) is 0.0346. The van der Waals surface area contributed by atoms with Gasteiger partial charge in [0, 0.05) is 19.3 Å². The van der Waals surface area contributed by atoms with Crippen LogP contribution in [0.5, 0.6) is 0 Å². The number of unbranched alkanes of at least 4 members (excludes halogenated alkanes) is 25. The third-order valence-electron chi connectivity index (χ3n) is 12.7. The van der Waals surface area contributed by atoms with Crippen molar-refractivity contribution in [2.24, 2.45) is 17.8 Å². The summed E-state index contributed by atoms with van der Waals surface area (Å²) in [5.41, 5.74) is 0. The van der Waals surface area contributed by atoms with Crippen molar-refractivity contribution in [2.45, 2.75) is 285 Å². The molecule has 0 aromatic heterocycles. The van der Waals surface area contributed by atoms with Crippen LogP contribution in [0, 0.1) is 17.8 Å². The SMILES string of the molecule is CCC(C)CCCCCCCCCCCCCCCCC(=O)O[C@H](COC(=O)CCCCCCCCCCC(C)CC)COC(=O)CCCCCCCCC(C)CC. The lowest BCUT2D eigenvalue weighted by atomic mass is 9.99. The molecule has 6 nitrogen and oxygen atoms in total. The van der Waals surface area contributed by atoms with Crippen molar-refractivity contribution in [2.75, 3.05) is 13.2 Å². The molecule has 0 aliphatic carbocycles. The Hall–Kier alpha value is -1.59. The molecule has 58 heavy (non-hydrogen) atoms. The summed E-state index contributed by atoms with van der Waals surface area (Å²) in [6, 6.07) is 0. The van der Waals surface area contributed by atoms with Gasteiger partial charge >= 0.3 is 17.9 Å². The van der Waals surface area contributed by atoms with Gasteiger partial charge in [-0.2, -0.15) is 0 Å². The molecule has 0 aliphatic heterocycles. The molecule has 0 radical (unpaired) electrons. The summed E-state index contributed by atoms with van der Waals surface area (Å²) in [5.74, 6) is 1.70. The first kappa shape index (κ1) is 56.4. The first-order valence-corrected chi connectivity index (χ1v) is 25.7. The molecule has 3 unspecified atom stereocenters. The second-order valence-corrected chi connectivity index (χ2v) is 18.5. The van der Waals surface area contributed by atoms with E-state index in [1.165, 1.54) is 161 Å². The van der Waals surface area contributed by atoms with Crippen molar-refractivity contribution in [1.82, 2.24) is 0 Å². The predicted molar refractivity (Wildman–Crippen MR) is 247 cm³/mol. The molecule has 6 heteroatoms. The average molecular weight is 821 g/mol. The van der Waals surface area contributed by atoms with Gasteiger partial charge in [-0.3, -0.25) is 14.4 Å². The maximum Gasteiger partial charge on any atom is 0.306 e. The zero-order valence-corrected chi connectivity index (χ0v) is 39.8. The van der Waals surface area contributed by atoms with Gasteiger partial charge in [0.05, 0.1) is 0 Å². The first-order valence-electron chi connectivity index (χ1n) is 25.7. The minimum atomic E-state index is -0.763. The van der Waals surface area contributed by atoms with Gasteiger partial charge in [-0.05, 0) is 37.0 Å². The molecule has 0 N–H and O–H groups in total. The highest BCUT2D eigenvalue weighted by Gasteiger charge is 2.19. The lowest BCUT2D eigenvalue weighted by molar-refractivity contribution is -0.167. The Balaban J connectivity index is 4.30. The van der Waals surface area contributed by atoms with Crippen LogP contribution in [0.3, 0.4) is 0 Å². The molecule has 0 aliphatic rings. The van der Waals surface area contributed by atoms with Crippen LogP contribution in [-0.4, -0.2) is 37.2 Å². The second-order valence-electron chi connectivity index (χ2n) is 18.5. The van der Waals surface area contributed by atoms with Crippen molar-refractivity contribution >= 4 is 17.9 Å². The van der Waals surface area contributed by atoms with E-state index in [1.807, 2.05) is 0 Å². The topological polar surface area (TPSA) is 78.9 Å². The van der Waals surface area contributed by atoms with E-state index in [0.29, 0.717) is 19.3 Å². The van der Waals surface area contributed by atoms with E-state index in [0.717, 1.165) is 75.5 Å². The monoisotopic (exact) mass is 821 g/mol. The average Bonchev–Trinajstić information content (AvgIpc) is 3.22. The summed E-state index contributed by atoms with van der Waals surface area (Å²) in [6.07, 6.45) is 42.2. The molecule has 0 bridgehead atoms. The highest BCUT2D eigenvalue weighted by Crippen LogP contribution is 2.19. The van der Waals surface area contributed by atoms with Crippen LogP contribution in [-0.2, 0) is 28.6 Å². The molecule has 0 heterocycles. The number of rotatable bonds is 45. The van der Waals surface area contributed by atoms with Crippen molar-refractivity contribution in [3.63, 3.8) is 0 Å². The Morgan fingerprint density at radius 2 is 0.552 bits per heavy atom. The number of carbonyl (C=O) groups excluding carboxylic acids is 3. The Labute approximate surface area is 361 Å². The van der Waals surface area contributed by atoms with Gasteiger partial charge in [-0.25, -0.2) is 0 Å². The number of hydrogen-bond acceptors (Lipinski definition) is 6. The number of hydrogen-bond donors (Lipinski definition) is 0. The fourth-order valence-electron chi connectivity index (χ4n) is 7.66. The largest absolute Gasteiger partial charge is 0.462 e. The lowest BCUT2D eigenvalue weighted by Crippen LogP contribution is -2.30. The fraction of sp³-hybridized carbons (Fsp3) is 0.942. The van der Waals surface area contributed by atoms with Crippen molar-refractivity contribution in [3.05, 3.63) is 0 Å². The number of esters is 3. The minimum absolute atomic E-state index is 0.0659. The maximum atomic E-state index is 12.8. The highest BCUT2D eigenvalue weighted by atomic mass is 16.6. The van der Waals surface area contributed by atoms with Gasteiger partial charge in [-0.15, -0.1) is 0 Å². The third kappa shape index (κ3) is 41.2. The Bertz CT molecular complexity index is 904. The molecule has 0 saturated carbocycles. The van der Waals surface area contributed by atoms with Crippen LogP contribution in [0.15, 0.2) is 0 Å². The van der Waals surface area contributed by atoms with E-state index in [-0.39, 0.29) is 31.1 Å². The molecular formula is C52H100O6. The van der Waals surface area contributed by atoms with E-state index in [1.54, 1.807) is 0 Å². The summed E-state index contributed by atoms with van der Waals surface area (Å²) in [4.78, 5) is 37.9. The van der Waals surface area contributed by atoms with Crippen molar-refractivity contribution in [3.8, 4) is 0 Å². The van der Waals surface area contributed by atoms with Gasteiger partial charge in [0.25, 0.3) is 0 Å². The van der Waals surface area contributed by atoms with Crippen molar-refractivity contribution in [1.29, 1.82) is 0 Å². The predicted octanol–water partition coefficient (Wildman–Crippen LogP) is 16.4. The minimum Gasteiger partial charge on any atom is -0.462 e. The maximum absolute atomic E-state index is 12.8. The molecule has 0 spiro atoms. The highest BCUT2D eigenvalue weighted by molar-refractivity contribution is 5.71. The van der Waals surface area contributed by atoms with E-state index >= 15 is 0 Å². The van der Waals surface area contributed by atoms with Crippen LogP contribution in [0.25, 0.3) is 0 Å². The second kappa shape index (κ2) is 43.5. The normalized spacial score (nSPS) is 13.6. The molecule has 4 atom stereocenters. The first-order chi connectivity index (χ1) is 28.2. The summed E-state index contributed by atoms with van der Waals surface area (Å²) in [7, 11) is 0. The van der Waals surface area contributed by atoms with Crippen molar-refractivity contribution < 1.29 is 28.6 Å². The van der Waals surface area contributed by atoms with Gasteiger partial charge in [-0.1, -0.05) is 241 Å². The molecule has 344 valence electrons. The molecule has 0 aromatic rings. The van der Waals surface area contributed by atoms with E-state index in [9.17, 15) is 14.4 Å². The summed E-state index contributed by atoms with van der Waals surface area (Å²) >= 11 is 0. The number of ether oxygens (including phenoxy) is 3. The molecule has 0 aromatic carbocycles. The smallest absolute Gasteiger partial charge is 0.306 e. The summed E-state index contributed by atoms with van der Waals surface area (Å²) in [6.45, 7) is 13.7. The van der Waals surface area contributed by atoms with Crippen LogP contribution in [0.4, 0.5) is 0 Å². The standard InChI is InChI=1S/C52H100O6/c1-7-46(4)38-32-26-20-16-14-12-10-11-13-15-17-23-31-37-43-52(55)58-49(45-57-51(54)42-36-30-25-24-28-34-40-48(6)9-3)44-56-50(53)41-35-29-22-19-18-21-27-33-39-47(5)8-2/h46-49H,7-45H2,1-6H3/t46?,47?,48?,49-/m1/s1. The van der Waals surface area contributed by atoms with Gasteiger partial charge in [0.15, 0.2) is 6.10 Å². The molecular weight excluding hydrogens is 721 g/mol. The van der Waals surface area contributed by atoms with E-state index in [2.05, 4.69) is 41.5 Å². The zero-order chi connectivity index (χ0) is 42.7. The van der Waals surface area contributed by atoms with E-state index in [4.69, 9.17) is 14.2 Å². The van der Waals surface area contributed by atoms with Gasteiger partial charge in [0.1, 0.15) is 13.2 Å². The Morgan fingerprint density at radius 3 is 0.810 bits per heavy atom.